The van der Waals surface area contributed by atoms with E-state index < -0.39 is 17.7 Å². The molecule has 0 bridgehead atoms. The highest BCUT2D eigenvalue weighted by molar-refractivity contribution is 5.92. The second-order valence-corrected chi connectivity index (χ2v) is 5.16. The normalized spacial score (nSPS) is 10.2. The maximum absolute atomic E-state index is 13.4. The van der Waals surface area contributed by atoms with Crippen molar-refractivity contribution in [3.63, 3.8) is 0 Å². The molecule has 2 rings (SSSR count). The molecule has 0 unspecified atom stereocenters. The highest BCUT2D eigenvalue weighted by Crippen LogP contribution is 2.13. The van der Waals surface area contributed by atoms with Crippen LogP contribution in [0.25, 0.3) is 0 Å². The molecule has 0 atom stereocenters. The van der Waals surface area contributed by atoms with Crippen LogP contribution in [-0.4, -0.2) is 18.5 Å². The van der Waals surface area contributed by atoms with Crippen molar-refractivity contribution in [3.8, 4) is 0 Å². The number of rotatable bonds is 6. The standard InChI is InChI=1S/C18H18FNO3/c1-13-7-9-15(11-16(13)19)20-17(21)12-23-18(22)10-8-14-5-3-2-4-6-14/h2-7,9,11H,8,10,12H2,1H3,(H,20,21). The Morgan fingerprint density at radius 1 is 1.13 bits per heavy atom. The molecule has 2 aromatic carbocycles. The lowest BCUT2D eigenvalue weighted by atomic mass is 10.1. The van der Waals surface area contributed by atoms with Crippen molar-refractivity contribution in [3.05, 3.63) is 65.5 Å². The molecule has 0 aliphatic heterocycles. The fraction of sp³-hybridized carbons (Fsp3) is 0.222. The number of hydrogen-bond donors (Lipinski definition) is 1. The predicted octanol–water partition coefficient (Wildman–Crippen LogP) is 3.25. The highest BCUT2D eigenvalue weighted by atomic mass is 19.1. The van der Waals surface area contributed by atoms with E-state index in [-0.39, 0.29) is 13.0 Å². The van der Waals surface area contributed by atoms with Crippen LogP contribution in [0, 0.1) is 12.7 Å². The summed E-state index contributed by atoms with van der Waals surface area (Å²) in [5.74, 6) is -1.34. The van der Waals surface area contributed by atoms with Gasteiger partial charge in [-0.25, -0.2) is 4.39 Å². The Hall–Kier alpha value is -2.69. The van der Waals surface area contributed by atoms with E-state index in [2.05, 4.69) is 5.32 Å². The molecule has 2 aromatic rings. The van der Waals surface area contributed by atoms with E-state index in [9.17, 15) is 14.0 Å². The molecule has 0 aliphatic rings. The fourth-order valence-electron chi connectivity index (χ4n) is 1.98. The molecule has 4 nitrogen and oxygen atoms in total. The van der Waals surface area contributed by atoms with Gasteiger partial charge in [-0.2, -0.15) is 0 Å². The zero-order valence-electron chi connectivity index (χ0n) is 12.8. The third-order valence-electron chi connectivity index (χ3n) is 3.28. The van der Waals surface area contributed by atoms with Gasteiger partial charge < -0.3 is 10.1 Å². The zero-order valence-corrected chi connectivity index (χ0v) is 12.8. The second kappa shape index (κ2) is 8.08. The minimum atomic E-state index is -0.499. The molecule has 1 N–H and O–H groups in total. The van der Waals surface area contributed by atoms with Gasteiger partial charge in [0.2, 0.25) is 0 Å². The first-order valence-electron chi connectivity index (χ1n) is 7.30. The molecule has 1 amide bonds. The van der Waals surface area contributed by atoms with Crippen LogP contribution < -0.4 is 5.32 Å². The Kier molecular flexibility index (Phi) is 5.86. The number of carbonyl (C=O) groups is 2. The SMILES string of the molecule is Cc1ccc(NC(=O)COC(=O)CCc2ccccc2)cc1F. The topological polar surface area (TPSA) is 55.4 Å². The van der Waals surface area contributed by atoms with Gasteiger partial charge in [0.25, 0.3) is 5.91 Å². The summed E-state index contributed by atoms with van der Waals surface area (Å²) in [6.45, 7) is 1.25. The van der Waals surface area contributed by atoms with Gasteiger partial charge in [0.1, 0.15) is 5.82 Å². The van der Waals surface area contributed by atoms with Crippen LogP contribution in [-0.2, 0) is 20.7 Å². The number of halogens is 1. The van der Waals surface area contributed by atoms with E-state index in [1.54, 1.807) is 19.1 Å². The minimum Gasteiger partial charge on any atom is -0.456 e. The van der Waals surface area contributed by atoms with E-state index in [0.29, 0.717) is 17.7 Å². The minimum absolute atomic E-state index is 0.205. The molecule has 5 heteroatoms. The molecule has 0 heterocycles. The molecule has 0 saturated carbocycles. The van der Waals surface area contributed by atoms with E-state index in [0.717, 1.165) is 5.56 Å². The van der Waals surface area contributed by atoms with Gasteiger partial charge in [0, 0.05) is 12.1 Å². The van der Waals surface area contributed by atoms with E-state index in [1.165, 1.54) is 6.07 Å². The quantitative estimate of drug-likeness (QED) is 0.833. The van der Waals surface area contributed by atoms with Crippen molar-refractivity contribution in [2.24, 2.45) is 0 Å². The van der Waals surface area contributed by atoms with E-state index >= 15 is 0 Å². The number of amides is 1. The maximum Gasteiger partial charge on any atom is 0.306 e. The monoisotopic (exact) mass is 315 g/mol. The summed E-state index contributed by atoms with van der Waals surface area (Å²) >= 11 is 0. The highest BCUT2D eigenvalue weighted by Gasteiger charge is 2.09. The average molecular weight is 315 g/mol. The van der Waals surface area contributed by atoms with Crippen molar-refractivity contribution < 1.29 is 18.7 Å². The van der Waals surface area contributed by atoms with Crippen molar-refractivity contribution >= 4 is 17.6 Å². The lowest BCUT2D eigenvalue weighted by Crippen LogP contribution is -2.21. The van der Waals surface area contributed by atoms with Gasteiger partial charge in [0.05, 0.1) is 0 Å². The van der Waals surface area contributed by atoms with Gasteiger partial charge in [-0.05, 0) is 36.6 Å². The van der Waals surface area contributed by atoms with Crippen LogP contribution in [0.3, 0.4) is 0 Å². The molecular weight excluding hydrogens is 297 g/mol. The van der Waals surface area contributed by atoms with Crippen LogP contribution in [0.15, 0.2) is 48.5 Å². The summed E-state index contributed by atoms with van der Waals surface area (Å²) in [5.41, 5.74) is 1.86. The zero-order chi connectivity index (χ0) is 16.7. The lowest BCUT2D eigenvalue weighted by Gasteiger charge is -2.07. The summed E-state index contributed by atoms with van der Waals surface area (Å²) in [6.07, 6.45) is 0.765. The number of ether oxygens (including phenoxy) is 1. The number of esters is 1. The van der Waals surface area contributed by atoms with Crippen molar-refractivity contribution in [2.75, 3.05) is 11.9 Å². The van der Waals surface area contributed by atoms with Crippen LogP contribution in [0.4, 0.5) is 10.1 Å². The Morgan fingerprint density at radius 2 is 1.87 bits per heavy atom. The number of nitrogens with one attached hydrogen (secondary N) is 1. The molecule has 0 spiro atoms. The third kappa shape index (κ3) is 5.54. The molecule has 0 fully saturated rings. The summed E-state index contributed by atoms with van der Waals surface area (Å²) in [5, 5.41) is 2.48. The molecule has 120 valence electrons. The largest absolute Gasteiger partial charge is 0.456 e. The van der Waals surface area contributed by atoms with E-state index in [4.69, 9.17) is 4.74 Å². The molecule has 0 aromatic heterocycles. The second-order valence-electron chi connectivity index (χ2n) is 5.16. The molecule has 23 heavy (non-hydrogen) atoms. The first-order valence-corrected chi connectivity index (χ1v) is 7.30. The summed E-state index contributed by atoms with van der Waals surface area (Å²) in [7, 11) is 0. The Morgan fingerprint density at radius 3 is 2.57 bits per heavy atom. The maximum atomic E-state index is 13.4. The van der Waals surface area contributed by atoms with Crippen LogP contribution >= 0.6 is 0 Å². The Balaban J connectivity index is 1.73. The number of aryl methyl sites for hydroxylation is 2. The first-order chi connectivity index (χ1) is 11.0. The van der Waals surface area contributed by atoms with Crippen LogP contribution in [0.5, 0.6) is 0 Å². The van der Waals surface area contributed by atoms with Crippen molar-refractivity contribution in [1.29, 1.82) is 0 Å². The third-order valence-corrected chi connectivity index (χ3v) is 3.28. The lowest BCUT2D eigenvalue weighted by molar-refractivity contribution is -0.147. The predicted molar refractivity (Wildman–Crippen MR) is 85.5 cm³/mol. The number of carbonyl (C=O) groups excluding carboxylic acids is 2. The Bertz CT molecular complexity index is 686. The Labute approximate surface area is 134 Å². The van der Waals surface area contributed by atoms with Gasteiger partial charge >= 0.3 is 5.97 Å². The first kappa shape index (κ1) is 16.7. The molecule has 0 saturated heterocycles. The molecule has 0 aliphatic carbocycles. The van der Waals surface area contributed by atoms with Crippen molar-refractivity contribution in [1.82, 2.24) is 0 Å². The van der Waals surface area contributed by atoms with Gasteiger partial charge in [-0.3, -0.25) is 9.59 Å². The van der Waals surface area contributed by atoms with Gasteiger partial charge in [-0.15, -0.1) is 0 Å². The van der Waals surface area contributed by atoms with Gasteiger partial charge in [0.15, 0.2) is 6.61 Å². The summed E-state index contributed by atoms with van der Waals surface area (Å²) in [6, 6.07) is 13.9. The van der Waals surface area contributed by atoms with Crippen LogP contribution in [0.1, 0.15) is 17.5 Å². The number of anilines is 1. The van der Waals surface area contributed by atoms with E-state index in [1.807, 2.05) is 30.3 Å². The fourth-order valence-corrected chi connectivity index (χ4v) is 1.98. The number of benzene rings is 2. The molecular formula is C18H18FNO3. The summed E-state index contributed by atoms with van der Waals surface area (Å²) in [4.78, 5) is 23.3. The van der Waals surface area contributed by atoms with Crippen molar-refractivity contribution in [2.45, 2.75) is 19.8 Å². The van der Waals surface area contributed by atoms with Crippen LogP contribution in [0.2, 0.25) is 0 Å². The van der Waals surface area contributed by atoms with Gasteiger partial charge in [-0.1, -0.05) is 36.4 Å². The summed E-state index contributed by atoms with van der Waals surface area (Å²) < 4.78 is 18.3. The average Bonchev–Trinajstić information content (AvgIpc) is 2.55. The smallest absolute Gasteiger partial charge is 0.306 e. The molecule has 0 radical (unpaired) electrons. The number of hydrogen-bond acceptors (Lipinski definition) is 3.